The Morgan fingerprint density at radius 1 is 1.17 bits per heavy atom. The smallest absolute Gasteiger partial charge is 0.246 e. The van der Waals surface area contributed by atoms with Gasteiger partial charge < -0.3 is 10.1 Å². The molecule has 5 rings (SSSR count). The van der Waals surface area contributed by atoms with Crippen LogP contribution in [0.15, 0.2) is 67.1 Å². The van der Waals surface area contributed by atoms with E-state index in [1.165, 1.54) is 29.1 Å². The number of fused-ring (bicyclic) bond motifs is 1. The van der Waals surface area contributed by atoms with Crippen molar-refractivity contribution in [2.45, 2.75) is 27.1 Å². The number of aromatic nitrogens is 5. The molecule has 10 heteroatoms. The molecule has 0 saturated heterocycles. The number of carbonyl (C=O) groups excluding carboxylic acids is 1. The fraction of sp³-hybridized carbons (Fsp3) is 0.154. The van der Waals surface area contributed by atoms with Gasteiger partial charge in [0.15, 0.2) is 12.4 Å². The van der Waals surface area contributed by atoms with E-state index >= 15 is 0 Å². The molecule has 0 aliphatic rings. The third-order valence-electron chi connectivity index (χ3n) is 5.59. The van der Waals surface area contributed by atoms with Crippen molar-refractivity contribution in [1.82, 2.24) is 24.5 Å². The third-order valence-corrected chi connectivity index (χ3v) is 5.89. The Kier molecular flexibility index (Phi) is 6.39. The lowest BCUT2D eigenvalue weighted by atomic mass is 10.0. The van der Waals surface area contributed by atoms with Gasteiger partial charge in [0, 0.05) is 11.6 Å². The maximum atomic E-state index is 13.2. The molecule has 0 unspecified atom stereocenters. The second kappa shape index (κ2) is 9.79. The molecular weight excluding hydrogens is 483 g/mol. The maximum absolute atomic E-state index is 13.2. The van der Waals surface area contributed by atoms with Gasteiger partial charge in [-0.15, -0.1) is 0 Å². The van der Waals surface area contributed by atoms with Gasteiger partial charge in [-0.3, -0.25) is 4.79 Å². The molecule has 2 aromatic carbocycles. The largest absolute Gasteiger partial charge is 0.470 e. The van der Waals surface area contributed by atoms with Gasteiger partial charge in [-0.05, 0) is 49.2 Å². The molecule has 0 saturated carbocycles. The van der Waals surface area contributed by atoms with Gasteiger partial charge in [-0.25, -0.2) is 18.7 Å². The lowest BCUT2D eigenvalue weighted by Crippen LogP contribution is -2.19. The van der Waals surface area contributed by atoms with Crippen molar-refractivity contribution in [2.24, 2.45) is 0 Å². The van der Waals surface area contributed by atoms with Gasteiger partial charge in [0.2, 0.25) is 5.91 Å². The Hall–Kier alpha value is -4.24. The molecule has 5 aromatic rings. The van der Waals surface area contributed by atoms with Gasteiger partial charge in [0.1, 0.15) is 18.1 Å². The summed E-state index contributed by atoms with van der Waals surface area (Å²) in [5.74, 6) is -0.389. The third kappa shape index (κ3) is 4.92. The number of nitrogens with one attached hydrogen (secondary N) is 1. The Labute approximate surface area is 211 Å². The number of pyridine rings is 1. The van der Waals surface area contributed by atoms with Gasteiger partial charge in [0.25, 0.3) is 0 Å². The Bertz CT molecular complexity index is 1580. The maximum Gasteiger partial charge on any atom is 0.246 e. The Morgan fingerprint density at radius 2 is 2.03 bits per heavy atom. The minimum Gasteiger partial charge on any atom is -0.470 e. The topological polar surface area (TPSA) is 86.9 Å². The first kappa shape index (κ1) is 23.5. The molecule has 0 radical (unpaired) electrons. The summed E-state index contributed by atoms with van der Waals surface area (Å²) in [5, 5.41) is 12.6. The van der Waals surface area contributed by atoms with Crippen LogP contribution >= 0.6 is 11.6 Å². The van der Waals surface area contributed by atoms with Gasteiger partial charge in [-0.1, -0.05) is 41.4 Å². The lowest BCUT2D eigenvalue weighted by Gasteiger charge is -2.08. The zero-order valence-corrected chi connectivity index (χ0v) is 20.3. The molecule has 1 amide bonds. The number of hydrogen-bond acceptors (Lipinski definition) is 5. The predicted octanol–water partition coefficient (Wildman–Crippen LogP) is 5.38. The van der Waals surface area contributed by atoms with Crippen LogP contribution in [0.1, 0.15) is 11.3 Å². The average Bonchev–Trinajstić information content (AvgIpc) is 3.42. The number of aryl methyl sites for hydroxylation is 2. The van der Waals surface area contributed by atoms with E-state index in [4.69, 9.17) is 16.3 Å². The van der Waals surface area contributed by atoms with Crippen LogP contribution in [0.4, 0.5) is 10.1 Å². The number of nitrogens with zero attached hydrogens (tertiary/aromatic N) is 5. The Morgan fingerprint density at radius 3 is 2.83 bits per heavy atom. The van der Waals surface area contributed by atoms with Crippen LogP contribution in [0.2, 0.25) is 5.02 Å². The number of anilines is 1. The number of benzene rings is 2. The van der Waals surface area contributed by atoms with E-state index in [0.717, 1.165) is 27.8 Å². The van der Waals surface area contributed by atoms with Crippen molar-refractivity contribution in [2.75, 3.05) is 5.32 Å². The molecule has 36 heavy (non-hydrogen) atoms. The summed E-state index contributed by atoms with van der Waals surface area (Å²) in [5.41, 5.74) is 5.19. The second-order valence-electron chi connectivity index (χ2n) is 8.33. The van der Waals surface area contributed by atoms with Crippen LogP contribution in [-0.2, 0) is 18.1 Å². The van der Waals surface area contributed by atoms with Crippen LogP contribution in [-0.4, -0.2) is 30.5 Å². The van der Waals surface area contributed by atoms with E-state index in [-0.39, 0.29) is 24.2 Å². The average molecular weight is 505 g/mol. The van der Waals surface area contributed by atoms with E-state index in [1.54, 1.807) is 17.1 Å². The molecule has 0 bridgehead atoms. The van der Waals surface area contributed by atoms with Crippen LogP contribution in [0.25, 0.3) is 22.2 Å². The minimum atomic E-state index is -0.446. The number of rotatable bonds is 7. The minimum absolute atomic E-state index is 0.0124. The van der Waals surface area contributed by atoms with Gasteiger partial charge in [-0.2, -0.15) is 10.2 Å². The first-order valence-corrected chi connectivity index (χ1v) is 11.5. The molecular formula is C26H22ClFN6O2. The summed E-state index contributed by atoms with van der Waals surface area (Å²) in [6.45, 7) is 3.99. The Balaban J connectivity index is 1.28. The molecule has 0 aliphatic heterocycles. The molecule has 0 spiro atoms. The summed E-state index contributed by atoms with van der Waals surface area (Å²) in [7, 11) is 0. The number of carbonyl (C=O) groups is 1. The van der Waals surface area contributed by atoms with E-state index in [9.17, 15) is 9.18 Å². The highest BCUT2D eigenvalue weighted by atomic mass is 35.5. The van der Waals surface area contributed by atoms with Crippen LogP contribution in [0.3, 0.4) is 0 Å². The highest BCUT2D eigenvalue weighted by Crippen LogP contribution is 2.30. The summed E-state index contributed by atoms with van der Waals surface area (Å²) in [6.07, 6.45) is 4.86. The monoisotopic (exact) mass is 504 g/mol. The van der Waals surface area contributed by atoms with Gasteiger partial charge >= 0.3 is 0 Å². The SMILES string of the molecule is Cc1cccc(-c2ccnc3c2c(C)nn3CC(=O)Nc2cnn(COc3ccc(F)cc3Cl)c2)c1. The summed E-state index contributed by atoms with van der Waals surface area (Å²) < 4.78 is 21.8. The van der Waals surface area contributed by atoms with E-state index in [2.05, 4.69) is 45.6 Å². The summed E-state index contributed by atoms with van der Waals surface area (Å²) in [4.78, 5) is 17.3. The standard InChI is InChI=1S/C26H22ClFN6O2/c1-16-4-3-5-18(10-16)21-8-9-29-26-25(21)17(2)32-34(26)14-24(35)31-20-12-30-33(13-20)15-36-23-7-6-19(28)11-22(23)27/h3-13H,14-15H2,1-2H3,(H,31,35). The van der Waals surface area contributed by atoms with Crippen LogP contribution in [0.5, 0.6) is 5.75 Å². The molecule has 8 nitrogen and oxygen atoms in total. The van der Waals surface area contributed by atoms with Crippen LogP contribution < -0.4 is 10.1 Å². The number of halogens is 2. The molecule has 182 valence electrons. The van der Waals surface area contributed by atoms with Crippen LogP contribution in [0, 0.1) is 19.7 Å². The van der Waals surface area contributed by atoms with Crippen molar-refractivity contribution in [1.29, 1.82) is 0 Å². The first-order chi connectivity index (χ1) is 17.4. The van der Waals surface area contributed by atoms with Crippen molar-refractivity contribution < 1.29 is 13.9 Å². The molecule has 0 fully saturated rings. The fourth-order valence-electron chi connectivity index (χ4n) is 4.01. The fourth-order valence-corrected chi connectivity index (χ4v) is 4.23. The van der Waals surface area contributed by atoms with Gasteiger partial charge in [0.05, 0.1) is 28.8 Å². The van der Waals surface area contributed by atoms with Crippen molar-refractivity contribution in [3.05, 3.63) is 89.2 Å². The van der Waals surface area contributed by atoms with Crippen molar-refractivity contribution in [3.8, 4) is 16.9 Å². The summed E-state index contributed by atoms with van der Waals surface area (Å²) in [6, 6.07) is 14.1. The molecule has 0 aliphatic carbocycles. The predicted molar refractivity (Wildman–Crippen MR) is 135 cm³/mol. The highest BCUT2D eigenvalue weighted by molar-refractivity contribution is 6.32. The number of hydrogen-bond donors (Lipinski definition) is 1. The normalized spacial score (nSPS) is 11.1. The summed E-state index contributed by atoms with van der Waals surface area (Å²) >= 11 is 5.98. The molecule has 1 N–H and O–H groups in total. The van der Waals surface area contributed by atoms with E-state index in [0.29, 0.717) is 17.1 Å². The molecule has 3 aromatic heterocycles. The molecule has 0 atom stereocenters. The molecule has 3 heterocycles. The quantitative estimate of drug-likeness (QED) is 0.321. The first-order valence-electron chi connectivity index (χ1n) is 11.2. The van der Waals surface area contributed by atoms with E-state index < -0.39 is 5.82 Å². The number of ether oxygens (including phenoxy) is 1. The van der Waals surface area contributed by atoms with Crippen molar-refractivity contribution in [3.63, 3.8) is 0 Å². The van der Waals surface area contributed by atoms with Crippen molar-refractivity contribution >= 4 is 34.2 Å². The zero-order chi connectivity index (χ0) is 25.2. The lowest BCUT2D eigenvalue weighted by molar-refractivity contribution is -0.116. The highest BCUT2D eigenvalue weighted by Gasteiger charge is 2.16. The second-order valence-corrected chi connectivity index (χ2v) is 8.74. The zero-order valence-electron chi connectivity index (χ0n) is 19.6. The van der Waals surface area contributed by atoms with E-state index in [1.807, 2.05) is 19.1 Å². The number of amides is 1.